The van der Waals surface area contributed by atoms with Gasteiger partial charge >= 0.3 is 0 Å². The third-order valence-corrected chi connectivity index (χ3v) is 4.63. The minimum atomic E-state index is -0.893. The Morgan fingerprint density at radius 3 is 2.70 bits per heavy atom. The molecule has 0 radical (unpaired) electrons. The van der Waals surface area contributed by atoms with E-state index >= 15 is 0 Å². The van der Waals surface area contributed by atoms with Crippen molar-refractivity contribution in [3.05, 3.63) is 46.9 Å². The third-order valence-electron chi connectivity index (χ3n) is 4.63. The van der Waals surface area contributed by atoms with E-state index in [9.17, 15) is 9.18 Å². The Balaban J connectivity index is 1.40. The molecule has 1 aromatic carbocycles. The summed E-state index contributed by atoms with van der Waals surface area (Å²) in [5, 5.41) is 3.14. The zero-order chi connectivity index (χ0) is 18.8. The topological polar surface area (TPSA) is 119 Å². The van der Waals surface area contributed by atoms with Gasteiger partial charge in [-0.3, -0.25) is 14.8 Å². The van der Waals surface area contributed by atoms with E-state index in [0.717, 1.165) is 31.9 Å². The van der Waals surface area contributed by atoms with Crippen molar-refractivity contribution in [3.63, 3.8) is 0 Å². The number of aromatic amines is 1. The first-order chi connectivity index (χ1) is 13.1. The predicted molar refractivity (Wildman–Crippen MR) is 99.1 cm³/mol. The molecule has 140 valence electrons. The highest BCUT2D eigenvalue weighted by Crippen LogP contribution is 2.30. The molecule has 1 aliphatic rings. The number of nitrogens with zero attached hydrogens (tertiary/aromatic N) is 3. The van der Waals surface area contributed by atoms with E-state index in [-0.39, 0.29) is 18.1 Å². The minimum Gasteiger partial charge on any atom is -0.488 e. The van der Waals surface area contributed by atoms with E-state index in [4.69, 9.17) is 10.5 Å². The SMILES string of the molecule is Nc1cc(OC2CCC(Nc3ncc(F)c(=O)[nH]3)CC2)c2nccnc2c1. The number of H-pyrrole nitrogens is 1. The molecule has 0 aliphatic heterocycles. The summed E-state index contributed by atoms with van der Waals surface area (Å²) in [4.78, 5) is 26.2. The summed E-state index contributed by atoms with van der Waals surface area (Å²) < 4.78 is 19.2. The molecule has 1 aliphatic carbocycles. The number of anilines is 2. The van der Waals surface area contributed by atoms with Gasteiger partial charge in [0, 0.05) is 30.2 Å². The first-order valence-corrected chi connectivity index (χ1v) is 8.77. The summed E-state index contributed by atoms with van der Waals surface area (Å²) in [6, 6.07) is 3.68. The number of nitrogen functional groups attached to an aromatic ring is 1. The van der Waals surface area contributed by atoms with Crippen LogP contribution >= 0.6 is 0 Å². The van der Waals surface area contributed by atoms with E-state index in [1.54, 1.807) is 24.5 Å². The van der Waals surface area contributed by atoms with Crippen molar-refractivity contribution in [3.8, 4) is 5.75 Å². The highest BCUT2D eigenvalue weighted by Gasteiger charge is 2.24. The van der Waals surface area contributed by atoms with Crippen molar-refractivity contribution in [2.24, 2.45) is 0 Å². The van der Waals surface area contributed by atoms with Crippen molar-refractivity contribution in [1.29, 1.82) is 0 Å². The van der Waals surface area contributed by atoms with Crippen LogP contribution in [0.3, 0.4) is 0 Å². The molecule has 0 amide bonds. The molecule has 0 spiro atoms. The van der Waals surface area contributed by atoms with Crippen LogP contribution in [0.15, 0.2) is 35.5 Å². The molecule has 4 rings (SSSR count). The third kappa shape index (κ3) is 3.81. The lowest BCUT2D eigenvalue weighted by Crippen LogP contribution is -2.32. The summed E-state index contributed by atoms with van der Waals surface area (Å²) >= 11 is 0. The maximum Gasteiger partial charge on any atom is 0.288 e. The van der Waals surface area contributed by atoms with Crippen LogP contribution in [-0.2, 0) is 0 Å². The number of ether oxygens (including phenoxy) is 1. The zero-order valence-corrected chi connectivity index (χ0v) is 14.5. The maximum atomic E-state index is 13.0. The molecule has 0 bridgehead atoms. The van der Waals surface area contributed by atoms with Crippen molar-refractivity contribution < 1.29 is 9.13 Å². The molecule has 2 aromatic heterocycles. The van der Waals surface area contributed by atoms with Crippen LogP contribution in [0.2, 0.25) is 0 Å². The summed E-state index contributed by atoms with van der Waals surface area (Å²) in [7, 11) is 0. The second-order valence-corrected chi connectivity index (χ2v) is 6.59. The molecule has 4 N–H and O–H groups in total. The van der Waals surface area contributed by atoms with Gasteiger partial charge in [0.1, 0.15) is 11.3 Å². The largest absolute Gasteiger partial charge is 0.488 e. The van der Waals surface area contributed by atoms with Gasteiger partial charge < -0.3 is 15.8 Å². The summed E-state index contributed by atoms with van der Waals surface area (Å²) in [6.45, 7) is 0. The van der Waals surface area contributed by atoms with E-state index in [1.165, 1.54) is 0 Å². The van der Waals surface area contributed by atoms with Crippen LogP contribution in [0.4, 0.5) is 16.0 Å². The summed E-state index contributed by atoms with van der Waals surface area (Å²) in [5.41, 5.74) is 7.14. The van der Waals surface area contributed by atoms with E-state index in [1.807, 2.05) is 0 Å². The lowest BCUT2D eigenvalue weighted by Gasteiger charge is -2.29. The van der Waals surface area contributed by atoms with Crippen LogP contribution in [-0.4, -0.2) is 32.1 Å². The predicted octanol–water partition coefficient (Wildman–Crippen LogP) is 2.24. The first-order valence-electron chi connectivity index (χ1n) is 8.77. The lowest BCUT2D eigenvalue weighted by molar-refractivity contribution is 0.152. The van der Waals surface area contributed by atoms with Gasteiger partial charge in [-0.05, 0) is 31.7 Å². The maximum absolute atomic E-state index is 13.0. The van der Waals surface area contributed by atoms with Gasteiger partial charge in [-0.1, -0.05) is 0 Å². The molecule has 0 atom stereocenters. The summed E-state index contributed by atoms with van der Waals surface area (Å²) in [5.74, 6) is 0.0250. The minimum absolute atomic E-state index is 0.0373. The van der Waals surface area contributed by atoms with Gasteiger partial charge in [0.05, 0.1) is 17.8 Å². The molecular formula is C18H19FN6O2. The Labute approximate surface area is 154 Å². The fourth-order valence-corrected chi connectivity index (χ4v) is 3.30. The number of benzene rings is 1. The van der Waals surface area contributed by atoms with Crippen LogP contribution in [0.25, 0.3) is 11.0 Å². The normalized spacial score (nSPS) is 19.7. The number of nitrogens with two attached hydrogens (primary N) is 1. The number of rotatable bonds is 4. The van der Waals surface area contributed by atoms with Crippen LogP contribution in [0.5, 0.6) is 5.75 Å². The molecule has 0 saturated heterocycles. The fourth-order valence-electron chi connectivity index (χ4n) is 3.30. The molecule has 0 unspecified atom stereocenters. The molecule has 1 fully saturated rings. The van der Waals surface area contributed by atoms with Gasteiger partial charge in [-0.15, -0.1) is 0 Å². The van der Waals surface area contributed by atoms with Gasteiger partial charge in [0.2, 0.25) is 11.8 Å². The van der Waals surface area contributed by atoms with Crippen LogP contribution in [0, 0.1) is 5.82 Å². The van der Waals surface area contributed by atoms with Gasteiger partial charge in [0.15, 0.2) is 0 Å². The zero-order valence-electron chi connectivity index (χ0n) is 14.5. The number of halogens is 1. The Hall–Kier alpha value is -3.23. The second-order valence-electron chi connectivity index (χ2n) is 6.59. The number of nitrogens with one attached hydrogen (secondary N) is 2. The van der Waals surface area contributed by atoms with Crippen molar-refractivity contribution in [1.82, 2.24) is 19.9 Å². The number of hydrogen-bond donors (Lipinski definition) is 3. The van der Waals surface area contributed by atoms with Crippen LogP contribution in [0.1, 0.15) is 25.7 Å². The van der Waals surface area contributed by atoms with Crippen molar-refractivity contribution in [2.75, 3.05) is 11.1 Å². The second kappa shape index (κ2) is 7.18. The Morgan fingerprint density at radius 1 is 1.15 bits per heavy atom. The number of aromatic nitrogens is 4. The molecule has 8 nitrogen and oxygen atoms in total. The molecule has 9 heteroatoms. The van der Waals surface area contributed by atoms with Crippen LogP contribution < -0.4 is 21.3 Å². The smallest absolute Gasteiger partial charge is 0.288 e. The molecule has 3 aromatic rings. The summed E-state index contributed by atoms with van der Waals surface area (Å²) in [6.07, 6.45) is 7.50. The fraction of sp³-hybridized carbons (Fsp3) is 0.333. The Kier molecular flexibility index (Phi) is 4.57. The molecule has 1 saturated carbocycles. The first kappa shape index (κ1) is 17.2. The number of fused-ring (bicyclic) bond motifs is 1. The van der Waals surface area contributed by atoms with Crippen molar-refractivity contribution in [2.45, 2.75) is 37.8 Å². The van der Waals surface area contributed by atoms with E-state index in [2.05, 4.69) is 25.3 Å². The van der Waals surface area contributed by atoms with Crippen molar-refractivity contribution >= 4 is 22.7 Å². The average molecular weight is 370 g/mol. The Bertz CT molecular complexity index is 1020. The number of hydrogen-bond acceptors (Lipinski definition) is 7. The molecule has 27 heavy (non-hydrogen) atoms. The highest BCUT2D eigenvalue weighted by atomic mass is 19.1. The highest BCUT2D eigenvalue weighted by molar-refractivity contribution is 5.84. The standard InChI is InChI=1S/C18H19FN6O2/c19-13-9-23-18(25-17(13)26)24-11-1-3-12(4-2-11)27-15-8-10(20)7-14-16(15)22-6-5-21-14/h5-9,11-12H,1-4,20H2,(H2,23,24,25,26). The van der Waals surface area contributed by atoms with E-state index in [0.29, 0.717) is 22.5 Å². The van der Waals surface area contributed by atoms with Gasteiger partial charge in [-0.25, -0.2) is 9.97 Å². The monoisotopic (exact) mass is 370 g/mol. The quantitative estimate of drug-likeness (QED) is 0.603. The van der Waals surface area contributed by atoms with Gasteiger partial charge in [0.25, 0.3) is 5.56 Å². The molecule has 2 heterocycles. The lowest BCUT2D eigenvalue weighted by atomic mass is 9.93. The Morgan fingerprint density at radius 2 is 1.93 bits per heavy atom. The van der Waals surface area contributed by atoms with E-state index < -0.39 is 11.4 Å². The molecular weight excluding hydrogens is 351 g/mol. The average Bonchev–Trinajstić information content (AvgIpc) is 2.66. The van der Waals surface area contributed by atoms with Gasteiger partial charge in [-0.2, -0.15) is 4.39 Å².